The number of rotatable bonds is 4. The van der Waals surface area contributed by atoms with Gasteiger partial charge in [0.05, 0.1) is 17.4 Å². The highest BCUT2D eigenvalue weighted by Gasteiger charge is 2.32. The number of benzene rings is 1. The van der Waals surface area contributed by atoms with Gasteiger partial charge in [-0.15, -0.1) is 11.3 Å². The van der Waals surface area contributed by atoms with Crippen LogP contribution in [0.1, 0.15) is 24.6 Å². The van der Waals surface area contributed by atoms with E-state index >= 15 is 0 Å². The second-order valence-corrected chi connectivity index (χ2v) is 11.1. The van der Waals surface area contributed by atoms with Gasteiger partial charge in [-0.1, -0.05) is 24.3 Å². The maximum absolute atomic E-state index is 12.9. The van der Waals surface area contributed by atoms with Crippen molar-refractivity contribution >= 4 is 37.8 Å². The van der Waals surface area contributed by atoms with Crippen LogP contribution in [0.15, 0.2) is 70.6 Å². The molecule has 0 amide bonds. The summed E-state index contributed by atoms with van der Waals surface area (Å²) in [5, 5.41) is 2.94. The van der Waals surface area contributed by atoms with Crippen LogP contribution in [0.3, 0.4) is 0 Å². The van der Waals surface area contributed by atoms with Gasteiger partial charge in [0, 0.05) is 42.3 Å². The molecule has 0 aliphatic carbocycles. The minimum Gasteiger partial charge on any atom is -0.353 e. The lowest BCUT2D eigenvalue weighted by atomic mass is 9.97. The first-order valence-corrected chi connectivity index (χ1v) is 12.9. The molecule has 1 fully saturated rings. The Bertz CT molecular complexity index is 1480. The fourth-order valence-corrected chi connectivity index (χ4v) is 7.16. The van der Waals surface area contributed by atoms with Gasteiger partial charge in [0.15, 0.2) is 0 Å². The molecule has 0 atom stereocenters. The fraction of sp³-hybridized carbons (Fsp3) is 0.217. The summed E-state index contributed by atoms with van der Waals surface area (Å²) in [6.45, 7) is 0.985. The minimum atomic E-state index is -3.41. The first-order chi connectivity index (χ1) is 15.6. The molecule has 0 radical (unpaired) electrons. The molecule has 7 nitrogen and oxygen atoms in total. The van der Waals surface area contributed by atoms with Crippen molar-refractivity contribution in [3.05, 3.63) is 72.3 Å². The third-order valence-corrected chi connectivity index (χ3v) is 9.44. The molecule has 1 aliphatic heterocycles. The van der Waals surface area contributed by atoms with E-state index in [0.29, 0.717) is 17.3 Å². The number of aromatic amines is 1. The van der Waals surface area contributed by atoms with E-state index in [1.54, 1.807) is 28.0 Å². The van der Waals surface area contributed by atoms with Crippen LogP contribution in [0, 0.1) is 0 Å². The summed E-state index contributed by atoms with van der Waals surface area (Å²) in [5.74, 6) is 1.14. The van der Waals surface area contributed by atoms with Crippen molar-refractivity contribution in [1.82, 2.24) is 23.7 Å². The van der Waals surface area contributed by atoms with E-state index in [-0.39, 0.29) is 5.92 Å². The van der Waals surface area contributed by atoms with Gasteiger partial charge >= 0.3 is 0 Å². The zero-order valence-electron chi connectivity index (χ0n) is 17.2. The number of hydrogen-bond donors (Lipinski definition) is 1. The van der Waals surface area contributed by atoms with Gasteiger partial charge in [-0.2, -0.15) is 4.31 Å². The van der Waals surface area contributed by atoms with Gasteiger partial charge in [-0.05, 0) is 36.4 Å². The maximum atomic E-state index is 12.9. The summed E-state index contributed by atoms with van der Waals surface area (Å²) in [6, 6.07) is 13.7. The second kappa shape index (κ2) is 7.54. The predicted octanol–water partition coefficient (Wildman–Crippen LogP) is 4.51. The first-order valence-electron chi connectivity index (χ1n) is 10.5. The average Bonchev–Trinajstić information content (AvgIpc) is 3.57. The number of fused-ring (bicyclic) bond motifs is 2. The molecule has 5 aromatic rings. The van der Waals surface area contributed by atoms with Gasteiger partial charge in [0.25, 0.3) is 10.0 Å². The van der Waals surface area contributed by atoms with E-state index in [2.05, 4.69) is 32.6 Å². The van der Waals surface area contributed by atoms with E-state index in [9.17, 15) is 8.42 Å². The molecule has 32 heavy (non-hydrogen) atoms. The number of nitrogens with zero attached hydrogens (tertiary/aromatic N) is 4. The lowest BCUT2D eigenvalue weighted by molar-refractivity contribution is 0.313. The monoisotopic (exact) mass is 463 g/mol. The van der Waals surface area contributed by atoms with Crippen LogP contribution in [0.25, 0.3) is 27.8 Å². The molecule has 1 saturated heterocycles. The number of thiophene rings is 1. The lowest BCUT2D eigenvalue weighted by Crippen LogP contribution is -2.37. The number of aromatic nitrogens is 4. The number of nitrogens with one attached hydrogen (secondary N) is 1. The molecule has 9 heteroatoms. The number of piperidine rings is 1. The predicted molar refractivity (Wildman–Crippen MR) is 125 cm³/mol. The highest BCUT2D eigenvalue weighted by atomic mass is 32.2. The SMILES string of the molecule is O=S(=O)(c1cccs1)N1CCC(c2nc(-c3cc4ccccc4[nH]3)c3cnccn23)CC1. The van der Waals surface area contributed by atoms with Crippen molar-refractivity contribution in [2.24, 2.45) is 0 Å². The highest BCUT2D eigenvalue weighted by Crippen LogP contribution is 2.35. The van der Waals surface area contributed by atoms with E-state index in [0.717, 1.165) is 46.5 Å². The number of sulfonamides is 1. The summed E-state index contributed by atoms with van der Waals surface area (Å²) in [7, 11) is -3.41. The standard InChI is InChI=1S/C23H21N5O2S2/c29-32(30,21-6-3-13-31-21)27-10-7-16(8-11-27)23-26-22(20-15-24-9-12-28(20)23)19-14-17-4-1-2-5-18(17)25-19/h1-6,9,12-16,25H,7-8,10-11H2. The molecule has 1 N–H and O–H groups in total. The Balaban J connectivity index is 1.33. The van der Waals surface area contributed by atoms with Crippen molar-refractivity contribution < 1.29 is 8.42 Å². The molecule has 0 spiro atoms. The molecule has 4 aromatic heterocycles. The molecule has 1 aliphatic rings. The number of hydrogen-bond acceptors (Lipinski definition) is 5. The topological polar surface area (TPSA) is 83.4 Å². The van der Waals surface area contributed by atoms with E-state index in [1.165, 1.54) is 11.3 Å². The van der Waals surface area contributed by atoms with Crippen molar-refractivity contribution in [3.8, 4) is 11.4 Å². The molecule has 1 aromatic carbocycles. The molecule has 0 unspecified atom stereocenters. The molecular formula is C23H21N5O2S2. The van der Waals surface area contributed by atoms with E-state index < -0.39 is 10.0 Å². The van der Waals surface area contributed by atoms with Crippen LogP contribution in [-0.2, 0) is 10.0 Å². The molecule has 0 bridgehead atoms. The minimum absolute atomic E-state index is 0.179. The Morgan fingerprint density at radius 3 is 2.72 bits per heavy atom. The van der Waals surface area contributed by atoms with Gasteiger partial charge < -0.3 is 4.98 Å². The van der Waals surface area contributed by atoms with Crippen LogP contribution in [0.4, 0.5) is 0 Å². The fourth-order valence-electron chi connectivity index (χ4n) is 4.54. The van der Waals surface area contributed by atoms with Crippen LogP contribution in [0.5, 0.6) is 0 Å². The molecule has 162 valence electrons. The highest BCUT2D eigenvalue weighted by molar-refractivity contribution is 7.91. The maximum Gasteiger partial charge on any atom is 0.252 e. The lowest BCUT2D eigenvalue weighted by Gasteiger charge is -2.30. The number of H-pyrrole nitrogens is 1. The van der Waals surface area contributed by atoms with Crippen molar-refractivity contribution in [3.63, 3.8) is 0 Å². The van der Waals surface area contributed by atoms with Crippen molar-refractivity contribution in [1.29, 1.82) is 0 Å². The van der Waals surface area contributed by atoms with E-state index in [1.807, 2.05) is 24.5 Å². The Morgan fingerprint density at radius 2 is 1.94 bits per heavy atom. The van der Waals surface area contributed by atoms with Crippen LogP contribution >= 0.6 is 11.3 Å². The van der Waals surface area contributed by atoms with Crippen molar-refractivity contribution in [2.75, 3.05) is 13.1 Å². The normalized spacial score (nSPS) is 16.2. The molecule has 6 rings (SSSR count). The largest absolute Gasteiger partial charge is 0.353 e. The Hall–Kier alpha value is -3.01. The summed E-state index contributed by atoms with van der Waals surface area (Å²) in [4.78, 5) is 12.8. The Morgan fingerprint density at radius 1 is 1.09 bits per heavy atom. The van der Waals surface area contributed by atoms with Crippen molar-refractivity contribution in [2.45, 2.75) is 23.0 Å². The van der Waals surface area contributed by atoms with Gasteiger partial charge in [-0.3, -0.25) is 9.38 Å². The second-order valence-electron chi connectivity index (χ2n) is 8.03. The van der Waals surface area contributed by atoms with Gasteiger partial charge in [-0.25, -0.2) is 13.4 Å². The van der Waals surface area contributed by atoms with Crippen LogP contribution in [0.2, 0.25) is 0 Å². The Kier molecular flexibility index (Phi) is 4.63. The zero-order valence-corrected chi connectivity index (χ0v) is 18.8. The third kappa shape index (κ3) is 3.16. The Labute approximate surface area is 189 Å². The molecule has 0 saturated carbocycles. The van der Waals surface area contributed by atoms with Crippen LogP contribution in [-0.4, -0.2) is 45.2 Å². The zero-order chi connectivity index (χ0) is 21.7. The van der Waals surface area contributed by atoms with Gasteiger partial charge in [0.2, 0.25) is 0 Å². The molecule has 5 heterocycles. The quantitative estimate of drug-likeness (QED) is 0.425. The number of para-hydroxylation sites is 1. The van der Waals surface area contributed by atoms with Crippen LogP contribution < -0.4 is 0 Å². The summed E-state index contributed by atoms with van der Waals surface area (Å²) in [5.41, 5.74) is 3.85. The van der Waals surface area contributed by atoms with E-state index in [4.69, 9.17) is 4.98 Å². The molecular weight excluding hydrogens is 442 g/mol. The summed E-state index contributed by atoms with van der Waals surface area (Å²) >= 11 is 1.27. The van der Waals surface area contributed by atoms with Gasteiger partial charge in [0.1, 0.15) is 15.7 Å². The summed E-state index contributed by atoms with van der Waals surface area (Å²) < 4.78 is 29.9. The average molecular weight is 464 g/mol. The smallest absolute Gasteiger partial charge is 0.252 e. The first kappa shape index (κ1) is 19.7. The third-order valence-electron chi connectivity index (χ3n) is 6.17. The summed E-state index contributed by atoms with van der Waals surface area (Å²) in [6.07, 6.45) is 7.02. The number of imidazole rings is 1.